The van der Waals surface area contributed by atoms with E-state index in [1.165, 1.54) is 25.9 Å². The van der Waals surface area contributed by atoms with Gasteiger partial charge in [0, 0.05) is 39.1 Å². The van der Waals surface area contributed by atoms with Crippen LogP contribution in [-0.2, 0) is 4.79 Å². The molecular weight excluding hydrogens is 302 g/mol. The Morgan fingerprint density at radius 3 is 2.42 bits per heavy atom. The largest absolute Gasteiger partial charge is 0.357 e. The van der Waals surface area contributed by atoms with Crippen molar-refractivity contribution in [2.75, 3.05) is 52.4 Å². The standard InChI is InChI=1S/C18H37N5O/c1-5-19-18(20-11-8-17(24)23(6-2)7-3)21-12-15-22-13-9-16(4)10-14-22/h16H,5-15H2,1-4H3,(H2,19,20,21). The van der Waals surface area contributed by atoms with E-state index in [2.05, 4.69) is 34.4 Å². The second-order valence-corrected chi connectivity index (χ2v) is 6.53. The Balaban J connectivity index is 2.30. The number of guanidine groups is 1. The lowest BCUT2D eigenvalue weighted by Crippen LogP contribution is -2.41. The van der Waals surface area contributed by atoms with Crippen molar-refractivity contribution in [3.8, 4) is 0 Å². The Morgan fingerprint density at radius 1 is 1.17 bits per heavy atom. The second-order valence-electron chi connectivity index (χ2n) is 6.53. The lowest BCUT2D eigenvalue weighted by molar-refractivity contribution is -0.130. The number of carbonyl (C=O) groups excluding carboxylic acids is 1. The predicted octanol–water partition coefficient (Wildman–Crippen LogP) is 1.53. The Kier molecular flexibility index (Phi) is 10.5. The van der Waals surface area contributed by atoms with Gasteiger partial charge in [-0.3, -0.25) is 9.79 Å². The van der Waals surface area contributed by atoms with Gasteiger partial charge >= 0.3 is 0 Å². The first kappa shape index (κ1) is 20.7. The molecule has 24 heavy (non-hydrogen) atoms. The summed E-state index contributed by atoms with van der Waals surface area (Å²) in [5, 5.41) is 6.53. The third kappa shape index (κ3) is 7.99. The van der Waals surface area contributed by atoms with E-state index in [-0.39, 0.29) is 5.91 Å². The van der Waals surface area contributed by atoms with Crippen LogP contribution in [0.3, 0.4) is 0 Å². The zero-order chi connectivity index (χ0) is 17.8. The van der Waals surface area contributed by atoms with Crippen molar-refractivity contribution in [2.24, 2.45) is 10.9 Å². The SMILES string of the molecule is CCNC(=NCCN1CCC(C)CC1)NCCC(=O)N(CC)CC. The van der Waals surface area contributed by atoms with Gasteiger partial charge in [-0.05, 0) is 52.6 Å². The van der Waals surface area contributed by atoms with Crippen LogP contribution in [0.2, 0.25) is 0 Å². The first-order chi connectivity index (χ1) is 11.6. The van der Waals surface area contributed by atoms with E-state index in [4.69, 9.17) is 0 Å². The highest BCUT2D eigenvalue weighted by molar-refractivity contribution is 5.81. The van der Waals surface area contributed by atoms with E-state index in [0.717, 1.165) is 44.6 Å². The van der Waals surface area contributed by atoms with Gasteiger partial charge in [0.25, 0.3) is 0 Å². The van der Waals surface area contributed by atoms with Crippen LogP contribution in [-0.4, -0.2) is 74.0 Å². The lowest BCUT2D eigenvalue weighted by Gasteiger charge is -2.29. The van der Waals surface area contributed by atoms with Gasteiger partial charge in [0.1, 0.15) is 0 Å². The van der Waals surface area contributed by atoms with Crippen molar-refractivity contribution in [1.82, 2.24) is 20.4 Å². The number of piperidine rings is 1. The fraction of sp³-hybridized carbons (Fsp3) is 0.889. The first-order valence-electron chi connectivity index (χ1n) is 9.62. The molecule has 1 rings (SSSR count). The molecule has 0 saturated carbocycles. The molecule has 2 N–H and O–H groups in total. The molecule has 0 atom stereocenters. The molecule has 1 saturated heterocycles. The topological polar surface area (TPSA) is 60.0 Å². The van der Waals surface area contributed by atoms with E-state index in [1.54, 1.807) is 0 Å². The van der Waals surface area contributed by atoms with Crippen LogP contribution >= 0.6 is 0 Å². The zero-order valence-corrected chi connectivity index (χ0v) is 16.1. The number of likely N-dealkylation sites (tertiary alicyclic amines) is 1. The number of hydrogen-bond acceptors (Lipinski definition) is 3. The normalized spacial score (nSPS) is 16.9. The maximum Gasteiger partial charge on any atom is 0.224 e. The van der Waals surface area contributed by atoms with Crippen LogP contribution in [0.15, 0.2) is 4.99 Å². The Labute approximate surface area is 148 Å². The fourth-order valence-corrected chi connectivity index (χ4v) is 2.95. The van der Waals surface area contributed by atoms with Gasteiger partial charge in [-0.1, -0.05) is 6.92 Å². The van der Waals surface area contributed by atoms with Crippen LogP contribution in [0.1, 0.15) is 47.0 Å². The number of nitrogens with one attached hydrogen (secondary N) is 2. The highest BCUT2D eigenvalue weighted by atomic mass is 16.2. The quantitative estimate of drug-likeness (QED) is 0.494. The summed E-state index contributed by atoms with van der Waals surface area (Å²) in [6.07, 6.45) is 3.11. The van der Waals surface area contributed by atoms with Gasteiger partial charge in [-0.15, -0.1) is 0 Å². The van der Waals surface area contributed by atoms with Crippen molar-refractivity contribution in [3.05, 3.63) is 0 Å². The Bertz CT molecular complexity index is 374. The van der Waals surface area contributed by atoms with Crippen LogP contribution in [0, 0.1) is 5.92 Å². The molecule has 1 heterocycles. The summed E-state index contributed by atoms with van der Waals surface area (Å²) < 4.78 is 0. The summed E-state index contributed by atoms with van der Waals surface area (Å²) >= 11 is 0. The van der Waals surface area contributed by atoms with Crippen molar-refractivity contribution < 1.29 is 4.79 Å². The average molecular weight is 340 g/mol. The number of carbonyl (C=O) groups is 1. The number of amides is 1. The van der Waals surface area contributed by atoms with E-state index >= 15 is 0 Å². The van der Waals surface area contributed by atoms with Crippen molar-refractivity contribution in [2.45, 2.75) is 47.0 Å². The molecule has 1 amide bonds. The lowest BCUT2D eigenvalue weighted by atomic mass is 9.99. The first-order valence-corrected chi connectivity index (χ1v) is 9.62. The molecule has 0 aromatic heterocycles. The second kappa shape index (κ2) is 12.1. The number of rotatable bonds is 9. The highest BCUT2D eigenvalue weighted by Gasteiger charge is 2.14. The summed E-state index contributed by atoms with van der Waals surface area (Å²) in [6.45, 7) is 15.6. The maximum atomic E-state index is 12.0. The van der Waals surface area contributed by atoms with Crippen molar-refractivity contribution in [3.63, 3.8) is 0 Å². The van der Waals surface area contributed by atoms with E-state index in [9.17, 15) is 4.79 Å². The van der Waals surface area contributed by atoms with E-state index in [0.29, 0.717) is 13.0 Å². The smallest absolute Gasteiger partial charge is 0.224 e. The molecule has 0 aliphatic carbocycles. The summed E-state index contributed by atoms with van der Waals surface area (Å²) in [4.78, 5) is 21.0. The Hall–Kier alpha value is -1.30. The number of aliphatic imine (C=N–C) groups is 1. The van der Waals surface area contributed by atoms with Crippen LogP contribution in [0.5, 0.6) is 0 Å². The van der Waals surface area contributed by atoms with Crippen LogP contribution in [0.25, 0.3) is 0 Å². The van der Waals surface area contributed by atoms with Gasteiger partial charge in [0.15, 0.2) is 5.96 Å². The minimum atomic E-state index is 0.200. The van der Waals surface area contributed by atoms with Crippen LogP contribution < -0.4 is 10.6 Å². The summed E-state index contributed by atoms with van der Waals surface area (Å²) in [7, 11) is 0. The third-order valence-electron chi connectivity index (χ3n) is 4.65. The van der Waals surface area contributed by atoms with Gasteiger partial charge in [0.05, 0.1) is 6.54 Å². The zero-order valence-electron chi connectivity index (χ0n) is 16.1. The molecule has 1 fully saturated rings. The van der Waals surface area contributed by atoms with Gasteiger partial charge in [-0.2, -0.15) is 0 Å². The van der Waals surface area contributed by atoms with Crippen LogP contribution in [0.4, 0.5) is 0 Å². The molecule has 0 aromatic rings. The molecule has 6 nitrogen and oxygen atoms in total. The molecule has 0 bridgehead atoms. The molecule has 0 radical (unpaired) electrons. The average Bonchev–Trinajstić information content (AvgIpc) is 2.58. The Morgan fingerprint density at radius 2 is 1.83 bits per heavy atom. The van der Waals surface area contributed by atoms with E-state index < -0.39 is 0 Å². The molecule has 0 aromatic carbocycles. The number of nitrogens with zero attached hydrogens (tertiary/aromatic N) is 3. The molecule has 6 heteroatoms. The summed E-state index contributed by atoms with van der Waals surface area (Å²) in [5.41, 5.74) is 0. The van der Waals surface area contributed by atoms with Gasteiger partial charge in [-0.25, -0.2) is 0 Å². The molecule has 0 spiro atoms. The minimum Gasteiger partial charge on any atom is -0.357 e. The maximum absolute atomic E-state index is 12.0. The number of hydrogen-bond donors (Lipinski definition) is 2. The molecular formula is C18H37N5O. The minimum absolute atomic E-state index is 0.200. The third-order valence-corrected chi connectivity index (χ3v) is 4.65. The predicted molar refractivity (Wildman–Crippen MR) is 101 cm³/mol. The molecule has 1 aliphatic rings. The monoisotopic (exact) mass is 339 g/mol. The molecule has 1 aliphatic heterocycles. The van der Waals surface area contributed by atoms with Gasteiger partial charge < -0.3 is 20.4 Å². The van der Waals surface area contributed by atoms with Crippen molar-refractivity contribution in [1.29, 1.82) is 0 Å². The van der Waals surface area contributed by atoms with Crippen molar-refractivity contribution >= 4 is 11.9 Å². The van der Waals surface area contributed by atoms with Gasteiger partial charge in [0.2, 0.25) is 5.91 Å². The van der Waals surface area contributed by atoms with E-state index in [1.807, 2.05) is 18.7 Å². The molecule has 0 unspecified atom stereocenters. The summed E-state index contributed by atoms with van der Waals surface area (Å²) in [6, 6.07) is 0. The fourth-order valence-electron chi connectivity index (χ4n) is 2.95. The molecule has 140 valence electrons. The highest BCUT2D eigenvalue weighted by Crippen LogP contribution is 2.15. The summed E-state index contributed by atoms with van der Waals surface area (Å²) in [5.74, 6) is 1.88.